The van der Waals surface area contributed by atoms with Crippen molar-refractivity contribution in [2.24, 2.45) is 0 Å². The Hall–Kier alpha value is -1.26. The van der Waals surface area contributed by atoms with Crippen molar-refractivity contribution in [3.63, 3.8) is 0 Å². The summed E-state index contributed by atoms with van der Waals surface area (Å²) in [6, 6.07) is 5.97. The summed E-state index contributed by atoms with van der Waals surface area (Å²) in [5.41, 5.74) is 0.765. The summed E-state index contributed by atoms with van der Waals surface area (Å²) >= 11 is 0. The Kier molecular flexibility index (Phi) is 5.44. The molecule has 102 valence electrons. The molecular weight excluding hydrogens is 230 g/mol. The van der Waals surface area contributed by atoms with Crippen LogP contribution < -0.4 is 14.8 Å². The highest BCUT2D eigenvalue weighted by molar-refractivity contribution is 5.41. The molecule has 1 rings (SSSR count). The van der Waals surface area contributed by atoms with Crippen molar-refractivity contribution in [2.45, 2.75) is 39.0 Å². The lowest BCUT2D eigenvalue weighted by atomic mass is 10.0. The van der Waals surface area contributed by atoms with Gasteiger partial charge in [-0.3, -0.25) is 0 Å². The van der Waals surface area contributed by atoms with Crippen molar-refractivity contribution in [3.8, 4) is 11.5 Å². The lowest BCUT2D eigenvalue weighted by Gasteiger charge is -2.21. The SMILES string of the molecule is COc1ccc(OC)c([C@@H](O)[C@@H](C)[NH2+]C(C)C)c1. The van der Waals surface area contributed by atoms with Crippen LogP contribution in [0.1, 0.15) is 32.4 Å². The Morgan fingerprint density at radius 2 is 1.78 bits per heavy atom. The normalized spacial score (nSPS) is 14.4. The molecule has 0 saturated heterocycles. The van der Waals surface area contributed by atoms with E-state index in [0.29, 0.717) is 11.8 Å². The van der Waals surface area contributed by atoms with E-state index in [1.165, 1.54) is 0 Å². The highest BCUT2D eigenvalue weighted by atomic mass is 16.5. The van der Waals surface area contributed by atoms with E-state index in [2.05, 4.69) is 19.2 Å². The van der Waals surface area contributed by atoms with Gasteiger partial charge in [0, 0.05) is 5.56 Å². The monoisotopic (exact) mass is 254 g/mol. The molecule has 1 aromatic rings. The van der Waals surface area contributed by atoms with Gasteiger partial charge in [0.1, 0.15) is 23.6 Å². The Morgan fingerprint density at radius 3 is 2.28 bits per heavy atom. The summed E-state index contributed by atoms with van der Waals surface area (Å²) in [5.74, 6) is 1.41. The molecule has 1 aromatic carbocycles. The summed E-state index contributed by atoms with van der Waals surface area (Å²) < 4.78 is 10.5. The fraction of sp³-hybridized carbons (Fsp3) is 0.571. The van der Waals surface area contributed by atoms with Gasteiger partial charge in [0.2, 0.25) is 0 Å². The van der Waals surface area contributed by atoms with Gasteiger partial charge in [-0.05, 0) is 39.0 Å². The van der Waals surface area contributed by atoms with Crippen molar-refractivity contribution in [2.75, 3.05) is 14.2 Å². The molecule has 4 heteroatoms. The quantitative estimate of drug-likeness (QED) is 0.799. The largest absolute Gasteiger partial charge is 0.497 e. The van der Waals surface area contributed by atoms with Crippen LogP contribution in [-0.4, -0.2) is 31.4 Å². The first-order chi connectivity index (χ1) is 8.49. The zero-order valence-electron chi connectivity index (χ0n) is 11.8. The number of rotatable bonds is 6. The van der Waals surface area contributed by atoms with E-state index in [-0.39, 0.29) is 6.04 Å². The Labute approximate surface area is 109 Å². The summed E-state index contributed by atoms with van der Waals surface area (Å²) in [6.07, 6.45) is -0.586. The molecule has 0 aliphatic rings. The molecule has 3 N–H and O–H groups in total. The number of benzene rings is 1. The molecule has 0 radical (unpaired) electrons. The van der Waals surface area contributed by atoms with Crippen LogP contribution in [0.5, 0.6) is 11.5 Å². The van der Waals surface area contributed by atoms with E-state index in [1.807, 2.05) is 25.1 Å². The third-order valence-corrected chi connectivity index (χ3v) is 2.94. The number of quaternary nitrogens is 1. The first-order valence-electron chi connectivity index (χ1n) is 6.24. The second kappa shape index (κ2) is 6.61. The molecule has 0 bridgehead atoms. The maximum Gasteiger partial charge on any atom is 0.134 e. The van der Waals surface area contributed by atoms with Gasteiger partial charge in [-0.1, -0.05) is 0 Å². The van der Waals surface area contributed by atoms with E-state index < -0.39 is 6.10 Å². The lowest BCUT2D eigenvalue weighted by Crippen LogP contribution is -2.94. The molecule has 0 unspecified atom stereocenters. The highest BCUT2D eigenvalue weighted by Crippen LogP contribution is 2.30. The Balaban J connectivity index is 2.98. The van der Waals surface area contributed by atoms with Crippen molar-refractivity contribution in [1.29, 1.82) is 0 Å². The van der Waals surface area contributed by atoms with Gasteiger partial charge in [-0.15, -0.1) is 0 Å². The molecule has 0 heterocycles. The number of ether oxygens (including phenoxy) is 2. The van der Waals surface area contributed by atoms with E-state index >= 15 is 0 Å². The van der Waals surface area contributed by atoms with Gasteiger partial charge in [-0.25, -0.2) is 0 Å². The van der Waals surface area contributed by atoms with Gasteiger partial charge in [0.15, 0.2) is 0 Å². The van der Waals surface area contributed by atoms with Crippen LogP contribution in [0.3, 0.4) is 0 Å². The second-order valence-electron chi connectivity index (χ2n) is 4.85. The second-order valence-corrected chi connectivity index (χ2v) is 4.85. The third kappa shape index (κ3) is 3.62. The predicted molar refractivity (Wildman–Crippen MR) is 71.0 cm³/mol. The highest BCUT2D eigenvalue weighted by Gasteiger charge is 2.24. The molecule has 0 aliphatic heterocycles. The van der Waals surface area contributed by atoms with E-state index in [4.69, 9.17) is 9.47 Å². The number of hydrogen-bond donors (Lipinski definition) is 2. The average molecular weight is 254 g/mol. The predicted octanol–water partition coefficient (Wildman–Crippen LogP) is 1.10. The molecule has 0 saturated carbocycles. The number of methoxy groups -OCH3 is 2. The average Bonchev–Trinajstić information content (AvgIpc) is 2.36. The topological polar surface area (TPSA) is 55.3 Å². The van der Waals surface area contributed by atoms with Crippen molar-refractivity contribution < 1.29 is 19.9 Å². The third-order valence-electron chi connectivity index (χ3n) is 2.94. The maximum atomic E-state index is 10.4. The molecular formula is C14H24NO3+. The van der Waals surface area contributed by atoms with Crippen LogP contribution in [0.15, 0.2) is 18.2 Å². The summed E-state index contributed by atoms with van der Waals surface area (Å²) in [6.45, 7) is 6.21. The van der Waals surface area contributed by atoms with Gasteiger partial charge in [0.05, 0.1) is 20.3 Å². The van der Waals surface area contributed by atoms with Crippen LogP contribution in [0.2, 0.25) is 0 Å². The Morgan fingerprint density at radius 1 is 1.11 bits per heavy atom. The molecule has 0 spiro atoms. The van der Waals surface area contributed by atoms with Gasteiger partial charge in [-0.2, -0.15) is 0 Å². The zero-order valence-corrected chi connectivity index (χ0v) is 11.8. The summed E-state index contributed by atoms with van der Waals surface area (Å²) in [5, 5.41) is 12.5. The van der Waals surface area contributed by atoms with Crippen molar-refractivity contribution >= 4 is 0 Å². The molecule has 2 atom stereocenters. The van der Waals surface area contributed by atoms with Crippen LogP contribution in [0, 0.1) is 0 Å². The maximum absolute atomic E-state index is 10.4. The van der Waals surface area contributed by atoms with E-state index in [1.54, 1.807) is 14.2 Å². The van der Waals surface area contributed by atoms with Crippen LogP contribution >= 0.6 is 0 Å². The molecule has 0 aromatic heterocycles. The number of hydrogen-bond acceptors (Lipinski definition) is 3. The Bertz CT molecular complexity index is 379. The number of aliphatic hydroxyl groups is 1. The minimum atomic E-state index is -0.586. The fourth-order valence-corrected chi connectivity index (χ4v) is 2.07. The van der Waals surface area contributed by atoms with Crippen LogP contribution in [0.25, 0.3) is 0 Å². The molecule has 18 heavy (non-hydrogen) atoms. The minimum absolute atomic E-state index is 0.0611. The fourth-order valence-electron chi connectivity index (χ4n) is 2.07. The van der Waals surface area contributed by atoms with Gasteiger partial charge < -0.3 is 19.9 Å². The van der Waals surface area contributed by atoms with Gasteiger partial charge >= 0.3 is 0 Å². The summed E-state index contributed by atoms with van der Waals surface area (Å²) in [7, 11) is 3.22. The first kappa shape index (κ1) is 14.8. The smallest absolute Gasteiger partial charge is 0.134 e. The van der Waals surface area contributed by atoms with Gasteiger partial charge in [0.25, 0.3) is 0 Å². The van der Waals surface area contributed by atoms with Crippen LogP contribution in [0.4, 0.5) is 0 Å². The van der Waals surface area contributed by atoms with Crippen LogP contribution in [-0.2, 0) is 0 Å². The first-order valence-corrected chi connectivity index (χ1v) is 6.24. The molecule has 0 amide bonds. The minimum Gasteiger partial charge on any atom is -0.497 e. The number of aliphatic hydroxyl groups excluding tert-OH is 1. The molecule has 0 aliphatic carbocycles. The number of nitrogens with two attached hydrogens (primary N) is 1. The summed E-state index contributed by atoms with van der Waals surface area (Å²) in [4.78, 5) is 0. The van der Waals surface area contributed by atoms with E-state index in [9.17, 15) is 5.11 Å². The zero-order chi connectivity index (χ0) is 13.7. The van der Waals surface area contributed by atoms with Crippen molar-refractivity contribution in [3.05, 3.63) is 23.8 Å². The van der Waals surface area contributed by atoms with E-state index in [0.717, 1.165) is 11.3 Å². The standard InChI is InChI=1S/C14H23NO3/c1-9(2)15-10(3)14(16)12-8-11(17-4)6-7-13(12)18-5/h6-10,14-16H,1-5H3/p+1/t10-,14+/m1/s1. The molecule has 0 fully saturated rings. The molecule has 4 nitrogen and oxygen atoms in total. The lowest BCUT2D eigenvalue weighted by molar-refractivity contribution is -0.720. The van der Waals surface area contributed by atoms with Crippen molar-refractivity contribution in [1.82, 2.24) is 0 Å².